The van der Waals surface area contributed by atoms with Gasteiger partial charge in [0.1, 0.15) is 0 Å². The molecule has 94 valence electrons. The molecular weight excluding hydrogens is 214 g/mol. The number of piperidine rings is 1. The van der Waals surface area contributed by atoms with Crippen LogP contribution in [0.25, 0.3) is 0 Å². The number of aromatic nitrogens is 2. The van der Waals surface area contributed by atoms with E-state index in [4.69, 9.17) is 0 Å². The first-order valence-electron chi connectivity index (χ1n) is 6.45. The van der Waals surface area contributed by atoms with Gasteiger partial charge in [-0.25, -0.2) is 0 Å². The maximum atomic E-state index is 12.4. The Balaban J connectivity index is 2.16. The Hall–Kier alpha value is -1.32. The minimum atomic E-state index is 0.147. The van der Waals surface area contributed by atoms with Gasteiger partial charge >= 0.3 is 0 Å². The summed E-state index contributed by atoms with van der Waals surface area (Å²) in [5, 5.41) is 4.24. The first-order chi connectivity index (χ1) is 8.13. The molecule has 0 aromatic carbocycles. The molecule has 0 bridgehead atoms. The van der Waals surface area contributed by atoms with Gasteiger partial charge in [-0.15, -0.1) is 0 Å². The van der Waals surface area contributed by atoms with Crippen molar-refractivity contribution >= 4 is 5.91 Å². The summed E-state index contributed by atoms with van der Waals surface area (Å²) in [5.41, 5.74) is 1.75. The van der Waals surface area contributed by atoms with Gasteiger partial charge in [0.15, 0.2) is 0 Å². The van der Waals surface area contributed by atoms with Crippen LogP contribution in [0.2, 0.25) is 0 Å². The zero-order chi connectivity index (χ0) is 12.4. The topological polar surface area (TPSA) is 38.1 Å². The second kappa shape index (κ2) is 4.90. The molecule has 1 atom stereocenters. The zero-order valence-corrected chi connectivity index (χ0v) is 10.9. The quantitative estimate of drug-likeness (QED) is 0.787. The second-order valence-electron chi connectivity index (χ2n) is 4.96. The van der Waals surface area contributed by atoms with Crippen molar-refractivity contribution in [3.8, 4) is 0 Å². The van der Waals surface area contributed by atoms with E-state index in [1.807, 2.05) is 23.4 Å². The summed E-state index contributed by atoms with van der Waals surface area (Å²) in [7, 11) is 0. The van der Waals surface area contributed by atoms with Crippen molar-refractivity contribution in [3.63, 3.8) is 0 Å². The van der Waals surface area contributed by atoms with Gasteiger partial charge in [0, 0.05) is 25.3 Å². The van der Waals surface area contributed by atoms with Crippen molar-refractivity contribution in [1.82, 2.24) is 14.7 Å². The third-order valence-electron chi connectivity index (χ3n) is 3.58. The fourth-order valence-corrected chi connectivity index (χ4v) is 2.52. The lowest BCUT2D eigenvalue weighted by molar-refractivity contribution is 0.0682. The van der Waals surface area contributed by atoms with E-state index in [0.717, 1.165) is 37.3 Å². The van der Waals surface area contributed by atoms with Crippen LogP contribution in [0.15, 0.2) is 6.20 Å². The molecule has 0 N–H and O–H groups in total. The van der Waals surface area contributed by atoms with Crippen molar-refractivity contribution in [2.45, 2.75) is 40.2 Å². The Kier molecular flexibility index (Phi) is 3.50. The minimum absolute atomic E-state index is 0.147. The van der Waals surface area contributed by atoms with Crippen LogP contribution in [-0.2, 0) is 6.54 Å². The van der Waals surface area contributed by atoms with Gasteiger partial charge < -0.3 is 4.90 Å². The first-order valence-corrected chi connectivity index (χ1v) is 6.45. The Labute approximate surface area is 103 Å². The molecule has 1 aromatic heterocycles. The summed E-state index contributed by atoms with van der Waals surface area (Å²) >= 11 is 0. The third-order valence-corrected chi connectivity index (χ3v) is 3.58. The molecule has 0 aliphatic carbocycles. The molecule has 0 saturated carbocycles. The van der Waals surface area contributed by atoms with Crippen molar-refractivity contribution < 1.29 is 4.79 Å². The number of amides is 1. The van der Waals surface area contributed by atoms with Crippen LogP contribution >= 0.6 is 0 Å². The van der Waals surface area contributed by atoms with E-state index >= 15 is 0 Å². The zero-order valence-electron chi connectivity index (χ0n) is 10.9. The van der Waals surface area contributed by atoms with Gasteiger partial charge in [-0.05, 0) is 32.6 Å². The highest BCUT2D eigenvalue weighted by Gasteiger charge is 2.24. The molecule has 0 spiro atoms. The summed E-state index contributed by atoms with van der Waals surface area (Å²) in [5.74, 6) is 0.767. The minimum Gasteiger partial charge on any atom is -0.338 e. The van der Waals surface area contributed by atoms with Gasteiger partial charge in [0.05, 0.1) is 11.8 Å². The van der Waals surface area contributed by atoms with Crippen LogP contribution in [0.4, 0.5) is 0 Å². The average Bonchev–Trinajstić information content (AvgIpc) is 2.69. The molecule has 4 heteroatoms. The molecular formula is C13H21N3O. The molecule has 1 saturated heterocycles. The fourth-order valence-electron chi connectivity index (χ4n) is 2.52. The molecule has 0 unspecified atom stereocenters. The lowest BCUT2D eigenvalue weighted by Gasteiger charge is -2.30. The van der Waals surface area contributed by atoms with Crippen molar-refractivity contribution in [2.75, 3.05) is 13.1 Å². The van der Waals surface area contributed by atoms with Gasteiger partial charge in [0.25, 0.3) is 5.91 Å². The highest BCUT2D eigenvalue weighted by atomic mass is 16.2. The fraction of sp³-hybridized carbons (Fsp3) is 0.692. The first kappa shape index (κ1) is 12.1. The molecule has 17 heavy (non-hydrogen) atoms. The molecule has 4 nitrogen and oxygen atoms in total. The normalized spacial score (nSPS) is 20.6. The van der Waals surface area contributed by atoms with E-state index in [1.165, 1.54) is 6.42 Å². The van der Waals surface area contributed by atoms with Crippen LogP contribution in [0.5, 0.6) is 0 Å². The Morgan fingerprint density at radius 2 is 2.35 bits per heavy atom. The van der Waals surface area contributed by atoms with E-state index in [-0.39, 0.29) is 5.91 Å². The van der Waals surface area contributed by atoms with E-state index < -0.39 is 0 Å². The average molecular weight is 235 g/mol. The van der Waals surface area contributed by atoms with Crippen LogP contribution in [0.3, 0.4) is 0 Å². The Bertz CT molecular complexity index is 411. The highest BCUT2D eigenvalue weighted by molar-refractivity contribution is 5.95. The smallest absolute Gasteiger partial charge is 0.257 e. The van der Waals surface area contributed by atoms with Gasteiger partial charge in [0.2, 0.25) is 0 Å². The Morgan fingerprint density at radius 1 is 1.59 bits per heavy atom. The molecule has 2 rings (SSSR count). The second-order valence-corrected chi connectivity index (χ2v) is 4.96. The molecule has 1 amide bonds. The number of rotatable bonds is 2. The summed E-state index contributed by atoms with van der Waals surface area (Å²) in [6, 6.07) is 0. The largest absolute Gasteiger partial charge is 0.338 e. The van der Waals surface area contributed by atoms with Gasteiger partial charge in [-0.2, -0.15) is 5.10 Å². The van der Waals surface area contributed by atoms with Crippen molar-refractivity contribution in [1.29, 1.82) is 0 Å². The monoisotopic (exact) mass is 235 g/mol. The Morgan fingerprint density at radius 3 is 2.94 bits per heavy atom. The maximum absolute atomic E-state index is 12.4. The molecule has 1 fully saturated rings. The number of carbonyl (C=O) groups excluding carboxylic acids is 1. The maximum Gasteiger partial charge on any atom is 0.257 e. The van der Waals surface area contributed by atoms with Crippen LogP contribution in [0, 0.1) is 12.8 Å². The van der Waals surface area contributed by atoms with Gasteiger partial charge in [-0.3, -0.25) is 9.48 Å². The number of aryl methyl sites for hydroxylation is 1. The number of carbonyl (C=O) groups is 1. The van der Waals surface area contributed by atoms with E-state index in [9.17, 15) is 4.79 Å². The van der Waals surface area contributed by atoms with Crippen LogP contribution < -0.4 is 0 Å². The number of likely N-dealkylation sites (tertiary alicyclic amines) is 1. The molecule has 2 heterocycles. The summed E-state index contributed by atoms with van der Waals surface area (Å²) in [4.78, 5) is 14.3. The SMILES string of the molecule is CCn1ncc(C(=O)N2CCC[C@@H](C)C2)c1C. The lowest BCUT2D eigenvalue weighted by Crippen LogP contribution is -2.39. The number of hydrogen-bond donors (Lipinski definition) is 0. The predicted octanol–water partition coefficient (Wildman–Crippen LogP) is 2.08. The highest BCUT2D eigenvalue weighted by Crippen LogP contribution is 2.19. The third kappa shape index (κ3) is 2.35. The van der Waals surface area contributed by atoms with Crippen LogP contribution in [-0.4, -0.2) is 33.7 Å². The summed E-state index contributed by atoms with van der Waals surface area (Å²) < 4.78 is 1.88. The summed E-state index contributed by atoms with van der Waals surface area (Å²) in [6.45, 7) is 8.81. The number of nitrogens with zero attached hydrogens (tertiary/aromatic N) is 3. The van der Waals surface area contributed by atoms with E-state index in [2.05, 4.69) is 12.0 Å². The molecule has 0 radical (unpaired) electrons. The predicted molar refractivity (Wildman–Crippen MR) is 66.9 cm³/mol. The standard InChI is InChI=1S/C13H21N3O/c1-4-16-11(3)12(8-14-16)13(17)15-7-5-6-10(2)9-15/h8,10H,4-7,9H2,1-3H3/t10-/m1/s1. The molecule has 1 aromatic rings. The van der Waals surface area contributed by atoms with Crippen molar-refractivity contribution in [2.24, 2.45) is 5.92 Å². The van der Waals surface area contributed by atoms with Crippen LogP contribution in [0.1, 0.15) is 42.7 Å². The van der Waals surface area contributed by atoms with E-state index in [0.29, 0.717) is 5.92 Å². The molecule has 1 aliphatic heterocycles. The molecule has 1 aliphatic rings. The van der Waals surface area contributed by atoms with Crippen molar-refractivity contribution in [3.05, 3.63) is 17.5 Å². The lowest BCUT2D eigenvalue weighted by atomic mass is 9.99. The summed E-state index contributed by atoms with van der Waals surface area (Å²) in [6.07, 6.45) is 4.06. The van der Waals surface area contributed by atoms with E-state index in [1.54, 1.807) is 6.20 Å². The van der Waals surface area contributed by atoms with Gasteiger partial charge in [-0.1, -0.05) is 6.92 Å². The number of hydrogen-bond acceptors (Lipinski definition) is 2.